The summed E-state index contributed by atoms with van der Waals surface area (Å²) in [7, 11) is 0. The van der Waals surface area contributed by atoms with Crippen LogP contribution in [0.2, 0.25) is 0 Å². The van der Waals surface area contributed by atoms with E-state index in [2.05, 4.69) is 28.2 Å². The molecule has 0 aromatic carbocycles. The second-order valence-corrected chi connectivity index (χ2v) is 6.47. The van der Waals surface area contributed by atoms with Gasteiger partial charge in [-0.15, -0.1) is 0 Å². The molecule has 0 amide bonds. The van der Waals surface area contributed by atoms with Gasteiger partial charge in [0.05, 0.1) is 6.10 Å². The van der Waals surface area contributed by atoms with Crippen LogP contribution in [0.25, 0.3) is 5.70 Å². The number of aliphatic hydroxyl groups is 3. The minimum absolute atomic E-state index is 0.133. The van der Waals surface area contributed by atoms with Crippen molar-refractivity contribution in [2.75, 3.05) is 0 Å². The van der Waals surface area contributed by atoms with Crippen LogP contribution in [0.3, 0.4) is 0 Å². The summed E-state index contributed by atoms with van der Waals surface area (Å²) < 4.78 is 12.4. The Morgan fingerprint density at radius 3 is 2.89 bits per heavy atom. The molecule has 0 radical (unpaired) electrons. The van der Waals surface area contributed by atoms with Crippen LogP contribution in [0.15, 0.2) is 23.8 Å². The van der Waals surface area contributed by atoms with Gasteiger partial charge in [-0.2, -0.15) is 4.99 Å². The van der Waals surface area contributed by atoms with Crippen LogP contribution in [0.5, 0.6) is 0 Å². The summed E-state index contributed by atoms with van der Waals surface area (Å²) in [5.74, 6) is 3.12. The van der Waals surface area contributed by atoms with Crippen molar-refractivity contribution in [1.82, 2.24) is 9.88 Å². The number of aliphatic imine (C=N–C) groups is 1. The highest BCUT2D eigenvalue weighted by atomic mass is 35.5. The molecule has 1 aromatic heterocycles. The Hall–Kier alpha value is -2.10. The molecule has 0 saturated carbocycles. The van der Waals surface area contributed by atoms with Crippen molar-refractivity contribution in [3.05, 3.63) is 24.4 Å². The van der Waals surface area contributed by atoms with E-state index < -0.39 is 36.6 Å². The van der Waals surface area contributed by atoms with Crippen LogP contribution >= 0.6 is 11.6 Å². The van der Waals surface area contributed by atoms with Crippen molar-refractivity contribution < 1.29 is 24.8 Å². The standard InChI is InChI=1S/C16H20ClN5O5/c1-7-9-3-6-22(12(9)21-14(18)20-7)13-16(19,4-5-17)11(23)10(27-13)8(2)26-15(24)25/h3,6,8,10-11,13,15,23-25H,1,19H2,2H3,(H3,18,20,21)/t8-,10+,11?,13+,16?/m0/s1. The lowest BCUT2D eigenvalue weighted by molar-refractivity contribution is -0.272. The van der Waals surface area contributed by atoms with E-state index in [4.69, 9.17) is 42.8 Å². The molecule has 0 spiro atoms. The fraction of sp³-hybridized carbons (Fsp3) is 0.438. The van der Waals surface area contributed by atoms with Gasteiger partial charge in [0.1, 0.15) is 18.0 Å². The SMILES string of the molecule is C=C1NC(N)=Nc2c1ccn2[C@@H]1O[C@H]([C@H](C)OC(O)O)C(O)C1(N)C#CCl. The quantitative estimate of drug-likeness (QED) is 0.274. The molecule has 1 fully saturated rings. The Labute approximate surface area is 160 Å². The number of hydrogen-bond donors (Lipinski definition) is 6. The number of nitrogens with one attached hydrogen (secondary N) is 1. The number of aliphatic hydroxyl groups excluding tert-OH is 2. The molecule has 3 rings (SSSR count). The monoisotopic (exact) mass is 397 g/mol. The van der Waals surface area contributed by atoms with Gasteiger partial charge < -0.3 is 46.1 Å². The molecule has 0 aliphatic carbocycles. The lowest BCUT2D eigenvalue weighted by atomic mass is 9.90. The van der Waals surface area contributed by atoms with Gasteiger partial charge in [0.15, 0.2) is 17.7 Å². The van der Waals surface area contributed by atoms with Gasteiger partial charge in [0.2, 0.25) is 0 Å². The zero-order chi connectivity index (χ0) is 19.9. The summed E-state index contributed by atoms with van der Waals surface area (Å²) in [6.45, 7) is 3.33. The highest BCUT2D eigenvalue weighted by Crippen LogP contribution is 2.42. The van der Waals surface area contributed by atoms with Crippen molar-refractivity contribution in [2.24, 2.45) is 16.5 Å². The minimum Gasteiger partial charge on any atom is -0.387 e. The largest absolute Gasteiger partial charge is 0.387 e. The molecule has 8 N–H and O–H groups in total. The van der Waals surface area contributed by atoms with E-state index in [9.17, 15) is 5.11 Å². The predicted octanol–water partition coefficient (Wildman–Crippen LogP) is -1.16. The van der Waals surface area contributed by atoms with Gasteiger partial charge in [-0.1, -0.05) is 12.5 Å². The Morgan fingerprint density at radius 2 is 2.26 bits per heavy atom. The summed E-state index contributed by atoms with van der Waals surface area (Å²) >= 11 is 5.56. The zero-order valence-electron chi connectivity index (χ0n) is 14.3. The molecule has 2 aliphatic heterocycles. The normalized spacial score (nSPS) is 31.0. The maximum atomic E-state index is 10.7. The fourth-order valence-corrected chi connectivity index (χ4v) is 3.41. The van der Waals surface area contributed by atoms with E-state index in [-0.39, 0.29) is 5.96 Å². The number of nitrogens with two attached hydrogens (primary N) is 2. The predicted molar refractivity (Wildman–Crippen MR) is 97.1 cm³/mol. The highest BCUT2D eigenvalue weighted by Gasteiger charge is 2.56. The second-order valence-electron chi connectivity index (χ2n) is 6.28. The molecule has 1 saturated heterocycles. The fourth-order valence-electron chi connectivity index (χ4n) is 3.25. The Bertz CT molecular complexity index is 844. The van der Waals surface area contributed by atoms with Gasteiger partial charge in [-0.25, -0.2) is 0 Å². The maximum absolute atomic E-state index is 10.7. The molecule has 146 valence electrons. The Balaban J connectivity index is 2.04. The number of ether oxygens (including phenoxy) is 2. The van der Waals surface area contributed by atoms with Gasteiger partial charge >= 0.3 is 0 Å². The number of aromatic nitrogens is 1. The van der Waals surface area contributed by atoms with E-state index in [1.807, 2.05) is 0 Å². The van der Waals surface area contributed by atoms with Gasteiger partial charge in [-0.3, -0.25) is 0 Å². The first-order valence-electron chi connectivity index (χ1n) is 7.97. The van der Waals surface area contributed by atoms with Crippen LogP contribution in [-0.2, 0) is 9.47 Å². The van der Waals surface area contributed by atoms with E-state index in [0.29, 0.717) is 17.1 Å². The Kier molecular flexibility index (Phi) is 5.20. The average Bonchev–Trinajstić information content (AvgIpc) is 3.08. The highest BCUT2D eigenvalue weighted by molar-refractivity contribution is 6.30. The third-order valence-corrected chi connectivity index (χ3v) is 4.62. The van der Waals surface area contributed by atoms with E-state index in [0.717, 1.165) is 0 Å². The van der Waals surface area contributed by atoms with Crippen molar-refractivity contribution in [1.29, 1.82) is 0 Å². The summed E-state index contributed by atoms with van der Waals surface area (Å²) in [6, 6.07) is 1.73. The number of halogens is 1. The molecule has 11 heteroatoms. The third kappa shape index (κ3) is 3.30. The molecule has 2 aliphatic rings. The number of rotatable bonds is 4. The smallest absolute Gasteiger partial charge is 0.266 e. The van der Waals surface area contributed by atoms with Crippen molar-refractivity contribution >= 4 is 29.1 Å². The van der Waals surface area contributed by atoms with Crippen LogP contribution in [0.4, 0.5) is 5.82 Å². The van der Waals surface area contributed by atoms with Crippen LogP contribution < -0.4 is 16.8 Å². The second kappa shape index (κ2) is 7.14. The van der Waals surface area contributed by atoms with Crippen molar-refractivity contribution in [2.45, 2.75) is 43.5 Å². The number of fused-ring (bicyclic) bond motifs is 1. The van der Waals surface area contributed by atoms with E-state index >= 15 is 0 Å². The molecule has 1 aromatic rings. The summed E-state index contributed by atoms with van der Waals surface area (Å²) in [6.07, 6.45) is -2.67. The van der Waals surface area contributed by atoms with Crippen molar-refractivity contribution in [3.63, 3.8) is 0 Å². The molecule has 0 bridgehead atoms. The van der Waals surface area contributed by atoms with Gasteiger partial charge in [-0.05, 0) is 24.6 Å². The lowest BCUT2D eigenvalue weighted by Crippen LogP contribution is -2.54. The minimum atomic E-state index is -2.04. The average molecular weight is 398 g/mol. The Morgan fingerprint density at radius 1 is 1.56 bits per heavy atom. The number of nitrogens with zero attached hydrogens (tertiary/aromatic N) is 2. The summed E-state index contributed by atoms with van der Waals surface area (Å²) in [4.78, 5) is 4.25. The molecular formula is C16H20ClN5O5. The van der Waals surface area contributed by atoms with Crippen molar-refractivity contribution in [3.8, 4) is 11.3 Å². The summed E-state index contributed by atoms with van der Waals surface area (Å²) in [5, 5.41) is 33.8. The van der Waals surface area contributed by atoms with Gasteiger partial charge in [0, 0.05) is 22.8 Å². The first-order chi connectivity index (χ1) is 12.7. The van der Waals surface area contributed by atoms with E-state index in [1.165, 1.54) is 6.92 Å². The van der Waals surface area contributed by atoms with E-state index in [1.54, 1.807) is 16.8 Å². The number of hydrogen-bond acceptors (Lipinski definition) is 9. The lowest BCUT2D eigenvalue weighted by Gasteiger charge is -2.29. The topological polar surface area (TPSA) is 161 Å². The molecule has 2 unspecified atom stereocenters. The van der Waals surface area contributed by atoms with Gasteiger partial charge in [0.25, 0.3) is 6.48 Å². The molecule has 27 heavy (non-hydrogen) atoms. The zero-order valence-corrected chi connectivity index (χ0v) is 15.1. The first-order valence-corrected chi connectivity index (χ1v) is 8.35. The molecular weight excluding hydrogens is 378 g/mol. The van der Waals surface area contributed by atoms with Crippen LogP contribution in [-0.4, -0.2) is 56.2 Å². The molecule has 10 nitrogen and oxygen atoms in total. The van der Waals surface area contributed by atoms with Crippen LogP contribution in [0, 0.1) is 11.3 Å². The maximum Gasteiger partial charge on any atom is 0.266 e. The molecule has 5 atom stereocenters. The summed E-state index contributed by atoms with van der Waals surface area (Å²) in [5.41, 5.74) is 11.7. The van der Waals surface area contributed by atoms with Crippen LogP contribution in [0.1, 0.15) is 18.7 Å². The first kappa shape index (κ1) is 19.7. The number of guanidine groups is 1. The third-order valence-electron chi connectivity index (χ3n) is 4.53. The molecule has 3 heterocycles.